The predicted molar refractivity (Wildman–Crippen MR) is 101 cm³/mol. The molecule has 188 valence electrons. The molecule has 0 aliphatic rings. The number of alkyl halides is 10. The van der Waals surface area contributed by atoms with Gasteiger partial charge in [-0.3, -0.25) is 0 Å². The average molecular weight is 495 g/mol. The molecule has 0 amide bonds. The Bertz CT molecular complexity index is 451. The van der Waals surface area contributed by atoms with Crippen molar-refractivity contribution in [3.63, 3.8) is 0 Å². The zero-order valence-electron chi connectivity index (χ0n) is 17.3. The Labute approximate surface area is 177 Å². The van der Waals surface area contributed by atoms with Gasteiger partial charge in [-0.05, 0) is 24.9 Å². The third kappa shape index (κ3) is 12.9. The standard InChI is InChI=1S/C18H32F10N2Si/c19-15(20,17(23,24)25)11-7-3-1-5-9-13-31(29,30)14-10-6-2-4-8-12-16(21,22)18(26,27)28/h1-14,29-30H2. The van der Waals surface area contributed by atoms with Gasteiger partial charge >= 0.3 is 24.2 Å². The smallest absolute Gasteiger partial charge is 0.339 e. The van der Waals surface area contributed by atoms with E-state index in [0.717, 1.165) is 0 Å². The van der Waals surface area contributed by atoms with Crippen LogP contribution in [-0.2, 0) is 0 Å². The summed E-state index contributed by atoms with van der Waals surface area (Å²) in [6, 6.07) is 1.12. The van der Waals surface area contributed by atoms with Crippen LogP contribution in [0.25, 0.3) is 0 Å². The molecule has 0 spiro atoms. The molecule has 0 bridgehead atoms. The fraction of sp³-hybridized carbons (Fsp3) is 1.00. The Morgan fingerprint density at radius 2 is 0.677 bits per heavy atom. The first-order valence-corrected chi connectivity index (χ1v) is 13.0. The van der Waals surface area contributed by atoms with Crippen molar-refractivity contribution in [1.82, 2.24) is 0 Å². The third-order valence-corrected chi connectivity index (χ3v) is 7.66. The minimum absolute atomic E-state index is 0.227. The van der Waals surface area contributed by atoms with Gasteiger partial charge in [-0.25, -0.2) is 0 Å². The molecule has 0 atom stereocenters. The zero-order chi connectivity index (χ0) is 24.4. The average Bonchev–Trinajstić information content (AvgIpc) is 2.57. The number of hydrogen-bond donors (Lipinski definition) is 2. The molecule has 31 heavy (non-hydrogen) atoms. The molecule has 0 aromatic carbocycles. The van der Waals surface area contributed by atoms with Crippen LogP contribution in [0.5, 0.6) is 0 Å². The fourth-order valence-corrected chi connectivity index (χ4v) is 5.14. The van der Waals surface area contributed by atoms with E-state index in [0.29, 0.717) is 50.6 Å². The molecule has 0 aromatic rings. The number of hydrogen-bond acceptors (Lipinski definition) is 2. The van der Waals surface area contributed by atoms with Gasteiger partial charge in [-0.15, -0.1) is 0 Å². The van der Waals surface area contributed by atoms with E-state index in [1.54, 1.807) is 0 Å². The highest BCUT2D eigenvalue weighted by Gasteiger charge is 2.57. The van der Waals surface area contributed by atoms with Crippen molar-refractivity contribution in [2.24, 2.45) is 10.8 Å². The molecule has 4 N–H and O–H groups in total. The van der Waals surface area contributed by atoms with Crippen LogP contribution in [0.2, 0.25) is 12.1 Å². The lowest BCUT2D eigenvalue weighted by Gasteiger charge is -2.21. The zero-order valence-corrected chi connectivity index (χ0v) is 18.3. The molecular weight excluding hydrogens is 462 g/mol. The van der Waals surface area contributed by atoms with Crippen molar-refractivity contribution in [2.45, 2.75) is 113 Å². The van der Waals surface area contributed by atoms with Crippen molar-refractivity contribution >= 4 is 8.40 Å². The maximum absolute atomic E-state index is 12.7. The molecule has 0 saturated heterocycles. The van der Waals surface area contributed by atoms with E-state index in [4.69, 9.17) is 10.8 Å². The highest BCUT2D eigenvalue weighted by atomic mass is 28.3. The largest absolute Gasteiger partial charge is 0.453 e. The summed E-state index contributed by atoms with van der Waals surface area (Å²) in [5, 5.41) is 12.2. The van der Waals surface area contributed by atoms with E-state index in [9.17, 15) is 43.9 Å². The molecule has 0 heterocycles. The van der Waals surface area contributed by atoms with Crippen LogP contribution in [0.1, 0.15) is 77.0 Å². The van der Waals surface area contributed by atoms with Gasteiger partial charge in [0.2, 0.25) is 0 Å². The van der Waals surface area contributed by atoms with Crippen molar-refractivity contribution in [3.05, 3.63) is 0 Å². The molecule has 0 fully saturated rings. The first-order chi connectivity index (χ1) is 13.9. The van der Waals surface area contributed by atoms with Crippen LogP contribution < -0.4 is 10.8 Å². The van der Waals surface area contributed by atoms with Crippen LogP contribution in [0.15, 0.2) is 0 Å². The minimum atomic E-state index is -5.52. The Balaban J connectivity index is 3.76. The van der Waals surface area contributed by atoms with Gasteiger partial charge in [0, 0.05) is 12.8 Å². The van der Waals surface area contributed by atoms with E-state index < -0.39 is 45.4 Å². The predicted octanol–water partition coefficient (Wildman–Crippen LogP) is 7.42. The summed E-state index contributed by atoms with van der Waals surface area (Å²) in [7, 11) is -2.49. The second-order valence-corrected chi connectivity index (χ2v) is 11.6. The lowest BCUT2D eigenvalue weighted by molar-refractivity contribution is -0.284. The third-order valence-electron chi connectivity index (χ3n) is 5.10. The Hall–Kier alpha value is -0.563. The fourth-order valence-electron chi connectivity index (χ4n) is 3.07. The summed E-state index contributed by atoms with van der Waals surface area (Å²) >= 11 is 0. The van der Waals surface area contributed by atoms with Gasteiger partial charge in [-0.2, -0.15) is 43.9 Å². The van der Waals surface area contributed by atoms with Crippen LogP contribution in [-0.4, -0.2) is 32.6 Å². The summed E-state index contributed by atoms with van der Waals surface area (Å²) in [5.74, 6) is -9.33. The maximum Gasteiger partial charge on any atom is 0.453 e. The monoisotopic (exact) mass is 494 g/mol. The molecule has 0 aromatic heterocycles. The van der Waals surface area contributed by atoms with E-state index >= 15 is 0 Å². The van der Waals surface area contributed by atoms with Crippen molar-refractivity contribution in [2.75, 3.05) is 0 Å². The minimum Gasteiger partial charge on any atom is -0.339 e. The van der Waals surface area contributed by atoms with Gasteiger partial charge < -0.3 is 10.8 Å². The topological polar surface area (TPSA) is 52.0 Å². The van der Waals surface area contributed by atoms with Gasteiger partial charge in [0.1, 0.15) is 0 Å². The van der Waals surface area contributed by atoms with E-state index in [1.165, 1.54) is 0 Å². The summed E-state index contributed by atoms with van der Waals surface area (Å²) in [6.07, 6.45) is -9.92. The van der Waals surface area contributed by atoms with Crippen molar-refractivity contribution in [1.29, 1.82) is 0 Å². The Morgan fingerprint density at radius 1 is 0.419 bits per heavy atom. The Kier molecular flexibility index (Phi) is 12.4. The number of rotatable bonds is 16. The van der Waals surface area contributed by atoms with Gasteiger partial charge in [0.05, 0.1) is 0 Å². The first kappa shape index (κ1) is 30.4. The van der Waals surface area contributed by atoms with E-state index in [2.05, 4.69) is 0 Å². The van der Waals surface area contributed by atoms with Crippen LogP contribution in [0.4, 0.5) is 43.9 Å². The van der Waals surface area contributed by atoms with Crippen molar-refractivity contribution < 1.29 is 43.9 Å². The van der Waals surface area contributed by atoms with Crippen LogP contribution in [0.3, 0.4) is 0 Å². The summed E-state index contributed by atoms with van der Waals surface area (Å²) < 4.78 is 123. The second kappa shape index (κ2) is 12.6. The molecule has 0 rings (SSSR count). The molecule has 0 radical (unpaired) electrons. The second-order valence-electron chi connectivity index (χ2n) is 8.17. The van der Waals surface area contributed by atoms with Gasteiger partial charge in [0.25, 0.3) is 0 Å². The lowest BCUT2D eigenvalue weighted by atomic mass is 10.1. The highest BCUT2D eigenvalue weighted by molar-refractivity contribution is 6.73. The van der Waals surface area contributed by atoms with Crippen molar-refractivity contribution in [3.8, 4) is 0 Å². The van der Waals surface area contributed by atoms with Crippen LogP contribution >= 0.6 is 0 Å². The maximum atomic E-state index is 12.7. The summed E-state index contributed by atoms with van der Waals surface area (Å²) in [4.78, 5) is 0. The first-order valence-electron chi connectivity index (χ1n) is 10.4. The number of unbranched alkanes of at least 4 members (excludes halogenated alkanes) is 8. The normalized spacial score (nSPS) is 14.3. The summed E-state index contributed by atoms with van der Waals surface area (Å²) in [5.41, 5.74) is 0. The molecule has 0 saturated carbocycles. The molecule has 2 nitrogen and oxygen atoms in total. The van der Waals surface area contributed by atoms with E-state index in [1.807, 2.05) is 0 Å². The number of nitrogens with two attached hydrogens (primary N) is 2. The highest BCUT2D eigenvalue weighted by Crippen LogP contribution is 2.40. The quantitative estimate of drug-likeness (QED) is 0.133. The molecule has 13 heteroatoms. The lowest BCUT2D eigenvalue weighted by Crippen LogP contribution is -2.55. The van der Waals surface area contributed by atoms with E-state index in [-0.39, 0.29) is 25.7 Å². The molecular formula is C18H32F10N2Si. The Morgan fingerprint density at radius 3 is 0.968 bits per heavy atom. The SMILES string of the molecule is N[Si](N)(CCCCCCCC(F)(F)C(F)(F)F)CCCCCCCC(F)(F)C(F)(F)F. The number of halogens is 10. The summed E-state index contributed by atoms with van der Waals surface area (Å²) in [6.45, 7) is 0. The van der Waals surface area contributed by atoms with Gasteiger partial charge in [-0.1, -0.05) is 51.4 Å². The molecule has 0 aliphatic heterocycles. The molecule has 0 unspecified atom stereocenters. The molecule has 0 aliphatic carbocycles. The van der Waals surface area contributed by atoms with Gasteiger partial charge in [0.15, 0.2) is 8.40 Å². The van der Waals surface area contributed by atoms with Crippen LogP contribution in [0, 0.1) is 0 Å².